The number of urea groups is 1. The molecule has 0 radical (unpaired) electrons. The summed E-state index contributed by atoms with van der Waals surface area (Å²) in [5, 5.41) is 12.6. The topological polar surface area (TPSA) is 72.9 Å². The second kappa shape index (κ2) is 7.89. The summed E-state index contributed by atoms with van der Waals surface area (Å²) >= 11 is 0. The summed E-state index contributed by atoms with van der Waals surface area (Å²) in [6.45, 7) is 3.61. The molecule has 0 unspecified atom stereocenters. The average molecular weight is 371 g/mol. The van der Waals surface area contributed by atoms with E-state index in [2.05, 4.69) is 29.6 Å². The van der Waals surface area contributed by atoms with Crippen molar-refractivity contribution in [2.45, 2.75) is 50.5 Å². The van der Waals surface area contributed by atoms with E-state index in [0.29, 0.717) is 25.3 Å². The maximum absolute atomic E-state index is 12.9. The van der Waals surface area contributed by atoms with E-state index in [0.717, 1.165) is 38.2 Å². The third-order valence-corrected chi connectivity index (χ3v) is 6.54. The van der Waals surface area contributed by atoms with Gasteiger partial charge in [0.2, 0.25) is 0 Å². The minimum absolute atomic E-state index is 0.0726. The van der Waals surface area contributed by atoms with Gasteiger partial charge in [-0.15, -0.1) is 0 Å². The van der Waals surface area contributed by atoms with E-state index in [-0.39, 0.29) is 18.0 Å². The standard InChI is InChI=1S/C21H29N3O3/c25-20(26)17-3-7-19(8-4-17)24-14-13-23(21(24)27)18-5-1-15(2-6-18)16-9-11-22-12-10-16/h1-2,5-6,16-17,19,22H,3-4,7-14H2,(H,25,26)/t17-,19-. The summed E-state index contributed by atoms with van der Waals surface area (Å²) in [7, 11) is 0. The number of nitrogens with one attached hydrogen (secondary N) is 1. The molecule has 2 saturated heterocycles. The summed E-state index contributed by atoms with van der Waals surface area (Å²) < 4.78 is 0. The predicted molar refractivity (Wildman–Crippen MR) is 104 cm³/mol. The number of aliphatic carboxylic acids is 1. The van der Waals surface area contributed by atoms with Crippen LogP contribution in [-0.2, 0) is 4.79 Å². The number of rotatable bonds is 4. The zero-order chi connectivity index (χ0) is 18.8. The van der Waals surface area contributed by atoms with Crippen LogP contribution < -0.4 is 10.2 Å². The summed E-state index contributed by atoms with van der Waals surface area (Å²) in [5.74, 6) is -0.315. The molecule has 0 aromatic heterocycles. The van der Waals surface area contributed by atoms with Gasteiger partial charge in [0, 0.05) is 24.8 Å². The highest BCUT2D eigenvalue weighted by Gasteiger charge is 2.37. The van der Waals surface area contributed by atoms with Crippen LogP contribution in [0.25, 0.3) is 0 Å². The van der Waals surface area contributed by atoms with Crippen molar-refractivity contribution in [3.8, 4) is 0 Å². The summed E-state index contributed by atoms with van der Waals surface area (Å²) in [5.41, 5.74) is 2.34. The normalized spacial score (nSPS) is 27.2. The molecule has 3 aliphatic rings. The largest absolute Gasteiger partial charge is 0.481 e. The van der Waals surface area contributed by atoms with Gasteiger partial charge in [-0.25, -0.2) is 4.79 Å². The minimum Gasteiger partial charge on any atom is -0.481 e. The number of hydrogen-bond donors (Lipinski definition) is 2. The van der Waals surface area contributed by atoms with E-state index in [1.165, 1.54) is 18.4 Å². The molecular weight excluding hydrogens is 342 g/mol. The fourth-order valence-electron chi connectivity index (χ4n) is 4.85. The Morgan fingerprint density at radius 1 is 0.963 bits per heavy atom. The van der Waals surface area contributed by atoms with Gasteiger partial charge < -0.3 is 15.3 Å². The maximum atomic E-state index is 12.9. The molecule has 0 spiro atoms. The number of piperidine rings is 1. The molecule has 4 rings (SSSR count). The van der Waals surface area contributed by atoms with Crippen LogP contribution >= 0.6 is 0 Å². The molecule has 146 valence electrons. The first-order valence-electron chi connectivity index (χ1n) is 10.2. The fraction of sp³-hybridized carbons (Fsp3) is 0.619. The number of amides is 2. The van der Waals surface area contributed by atoms with Crippen LogP contribution in [0.4, 0.5) is 10.5 Å². The number of carboxylic acids is 1. The molecular formula is C21H29N3O3. The number of carbonyl (C=O) groups is 2. The Labute approximate surface area is 160 Å². The van der Waals surface area contributed by atoms with Gasteiger partial charge in [-0.1, -0.05) is 12.1 Å². The zero-order valence-electron chi connectivity index (χ0n) is 15.8. The number of hydrogen-bond acceptors (Lipinski definition) is 3. The molecule has 2 heterocycles. The second-order valence-corrected chi connectivity index (χ2v) is 8.09. The molecule has 1 aliphatic carbocycles. The van der Waals surface area contributed by atoms with Crippen LogP contribution in [0, 0.1) is 5.92 Å². The van der Waals surface area contributed by atoms with E-state index < -0.39 is 5.97 Å². The van der Waals surface area contributed by atoms with Crippen molar-refractivity contribution in [2.75, 3.05) is 31.1 Å². The van der Waals surface area contributed by atoms with Crippen molar-refractivity contribution in [3.05, 3.63) is 29.8 Å². The quantitative estimate of drug-likeness (QED) is 0.853. The van der Waals surface area contributed by atoms with Crippen LogP contribution in [-0.4, -0.2) is 54.2 Å². The first-order chi connectivity index (χ1) is 13.1. The van der Waals surface area contributed by atoms with E-state index >= 15 is 0 Å². The predicted octanol–water partition coefficient (Wildman–Crippen LogP) is 3.04. The molecule has 2 amide bonds. The van der Waals surface area contributed by atoms with Crippen molar-refractivity contribution in [3.63, 3.8) is 0 Å². The second-order valence-electron chi connectivity index (χ2n) is 8.09. The maximum Gasteiger partial charge on any atom is 0.324 e. The zero-order valence-corrected chi connectivity index (χ0v) is 15.8. The average Bonchev–Trinajstić information content (AvgIpc) is 3.10. The van der Waals surface area contributed by atoms with Crippen molar-refractivity contribution >= 4 is 17.7 Å². The first-order valence-corrected chi connectivity index (χ1v) is 10.2. The van der Waals surface area contributed by atoms with Crippen LogP contribution in [0.1, 0.15) is 50.0 Å². The molecule has 1 aromatic rings. The fourth-order valence-corrected chi connectivity index (χ4v) is 4.85. The monoisotopic (exact) mass is 371 g/mol. The van der Waals surface area contributed by atoms with Crippen molar-refractivity contribution in [2.24, 2.45) is 5.92 Å². The van der Waals surface area contributed by atoms with Crippen molar-refractivity contribution in [1.82, 2.24) is 10.2 Å². The lowest BCUT2D eigenvalue weighted by molar-refractivity contribution is -0.143. The number of benzene rings is 1. The number of anilines is 1. The van der Waals surface area contributed by atoms with Gasteiger partial charge in [-0.2, -0.15) is 0 Å². The first kappa shape index (κ1) is 18.3. The lowest BCUT2D eigenvalue weighted by Gasteiger charge is -2.33. The van der Waals surface area contributed by atoms with Gasteiger partial charge in [0.25, 0.3) is 0 Å². The lowest BCUT2D eigenvalue weighted by Crippen LogP contribution is -2.42. The van der Waals surface area contributed by atoms with Crippen LogP contribution in [0.5, 0.6) is 0 Å². The smallest absolute Gasteiger partial charge is 0.324 e. The van der Waals surface area contributed by atoms with Gasteiger partial charge in [0.05, 0.1) is 5.92 Å². The number of carboxylic acid groups (broad SMARTS) is 1. The van der Waals surface area contributed by atoms with Gasteiger partial charge in [0.1, 0.15) is 0 Å². The van der Waals surface area contributed by atoms with Crippen LogP contribution in [0.2, 0.25) is 0 Å². The molecule has 6 heteroatoms. The molecule has 1 aromatic carbocycles. The Hall–Kier alpha value is -2.08. The van der Waals surface area contributed by atoms with Gasteiger partial charge in [-0.05, 0) is 75.2 Å². The highest BCUT2D eigenvalue weighted by molar-refractivity contribution is 5.94. The molecule has 6 nitrogen and oxygen atoms in total. The minimum atomic E-state index is -0.698. The SMILES string of the molecule is O=C1N(c2ccc(C3CCNCC3)cc2)CCN1[C@H]1CC[C@H](C(=O)O)CC1. The Morgan fingerprint density at radius 3 is 2.26 bits per heavy atom. The van der Waals surface area contributed by atoms with Crippen LogP contribution in [0.3, 0.4) is 0 Å². The van der Waals surface area contributed by atoms with Gasteiger partial charge in [0.15, 0.2) is 0 Å². The highest BCUT2D eigenvalue weighted by Crippen LogP contribution is 2.32. The van der Waals surface area contributed by atoms with E-state index in [1.54, 1.807) is 0 Å². The molecule has 3 fully saturated rings. The Kier molecular flexibility index (Phi) is 5.34. The third kappa shape index (κ3) is 3.81. The van der Waals surface area contributed by atoms with Gasteiger partial charge >= 0.3 is 12.0 Å². The van der Waals surface area contributed by atoms with E-state index in [1.807, 2.05) is 9.80 Å². The third-order valence-electron chi connectivity index (χ3n) is 6.54. The number of carbonyl (C=O) groups excluding carboxylic acids is 1. The number of nitrogens with zero attached hydrogens (tertiary/aromatic N) is 2. The summed E-state index contributed by atoms with van der Waals surface area (Å²) in [4.78, 5) is 27.9. The lowest BCUT2D eigenvalue weighted by atomic mass is 9.85. The molecule has 0 bridgehead atoms. The van der Waals surface area contributed by atoms with Crippen LogP contribution in [0.15, 0.2) is 24.3 Å². The van der Waals surface area contributed by atoms with Gasteiger partial charge in [-0.3, -0.25) is 9.69 Å². The molecule has 27 heavy (non-hydrogen) atoms. The Bertz CT molecular complexity index is 676. The highest BCUT2D eigenvalue weighted by atomic mass is 16.4. The summed E-state index contributed by atoms with van der Waals surface area (Å²) in [6.07, 6.45) is 5.30. The molecule has 1 saturated carbocycles. The van der Waals surface area contributed by atoms with E-state index in [4.69, 9.17) is 5.11 Å². The Morgan fingerprint density at radius 2 is 1.63 bits per heavy atom. The van der Waals surface area contributed by atoms with E-state index in [9.17, 15) is 9.59 Å². The Balaban J connectivity index is 1.38. The summed E-state index contributed by atoms with van der Waals surface area (Å²) in [6, 6.07) is 8.79. The molecule has 0 atom stereocenters. The van der Waals surface area contributed by atoms with Crippen molar-refractivity contribution < 1.29 is 14.7 Å². The molecule has 2 N–H and O–H groups in total. The molecule has 2 aliphatic heterocycles. The van der Waals surface area contributed by atoms with Crippen molar-refractivity contribution in [1.29, 1.82) is 0 Å².